The van der Waals surface area contributed by atoms with Gasteiger partial charge in [0.1, 0.15) is 17.2 Å². The first-order valence-corrected chi connectivity index (χ1v) is 10.7. The summed E-state index contributed by atoms with van der Waals surface area (Å²) in [5, 5.41) is 2.41. The quantitative estimate of drug-likeness (QED) is 0.530. The summed E-state index contributed by atoms with van der Waals surface area (Å²) >= 11 is 0. The van der Waals surface area contributed by atoms with Crippen LogP contribution in [0.2, 0.25) is 0 Å². The molecule has 1 atom stereocenters. The zero-order chi connectivity index (χ0) is 26.5. The van der Waals surface area contributed by atoms with Crippen LogP contribution in [0.15, 0.2) is 36.4 Å². The zero-order valence-electron chi connectivity index (χ0n) is 18.3. The van der Waals surface area contributed by atoms with Crippen molar-refractivity contribution in [1.82, 2.24) is 10.2 Å². The number of halogens is 8. The average Bonchev–Trinajstić information content (AvgIpc) is 2.79. The second kappa shape index (κ2) is 8.93. The Balaban J connectivity index is 1.61. The van der Waals surface area contributed by atoms with E-state index in [9.17, 15) is 44.7 Å². The summed E-state index contributed by atoms with van der Waals surface area (Å²) in [5.41, 5.74) is -5.48. The van der Waals surface area contributed by atoms with E-state index in [1.165, 1.54) is 0 Å². The SMILES string of the molecule is O=C1NCC(c2cc(F)ccc2F)C2(CCN(C(=O)c3cc(C(F)(F)F)cc(C(F)(F)F)c3)CC2)O1. The van der Waals surface area contributed by atoms with Crippen molar-refractivity contribution in [3.8, 4) is 0 Å². The summed E-state index contributed by atoms with van der Waals surface area (Å²) < 4.78 is 113. The molecule has 0 aromatic heterocycles. The van der Waals surface area contributed by atoms with Gasteiger partial charge in [-0.25, -0.2) is 13.6 Å². The highest BCUT2D eigenvalue weighted by molar-refractivity contribution is 5.94. The van der Waals surface area contributed by atoms with Crippen LogP contribution >= 0.6 is 0 Å². The molecule has 1 spiro atoms. The van der Waals surface area contributed by atoms with E-state index in [2.05, 4.69) is 5.32 Å². The van der Waals surface area contributed by atoms with Crippen molar-refractivity contribution in [2.24, 2.45) is 0 Å². The van der Waals surface area contributed by atoms with Crippen molar-refractivity contribution in [2.45, 2.75) is 36.7 Å². The lowest BCUT2D eigenvalue weighted by molar-refractivity contribution is -0.143. The maximum Gasteiger partial charge on any atom is 0.416 e. The minimum Gasteiger partial charge on any atom is -0.442 e. The van der Waals surface area contributed by atoms with Gasteiger partial charge in [-0.1, -0.05) is 0 Å². The molecule has 2 aliphatic heterocycles. The highest BCUT2D eigenvalue weighted by atomic mass is 19.4. The second-order valence-corrected chi connectivity index (χ2v) is 8.64. The third kappa shape index (κ3) is 4.96. The molecule has 36 heavy (non-hydrogen) atoms. The Hall–Kier alpha value is -3.38. The molecule has 0 aliphatic carbocycles. The van der Waals surface area contributed by atoms with E-state index in [0.717, 1.165) is 23.1 Å². The molecule has 0 radical (unpaired) electrons. The van der Waals surface area contributed by atoms with Crippen molar-refractivity contribution in [2.75, 3.05) is 19.6 Å². The molecule has 1 N–H and O–H groups in total. The maximum atomic E-state index is 14.5. The normalized spacial score (nSPS) is 20.2. The molecule has 2 heterocycles. The molecule has 194 valence electrons. The predicted molar refractivity (Wildman–Crippen MR) is 108 cm³/mol. The van der Waals surface area contributed by atoms with Crippen LogP contribution in [0, 0.1) is 11.6 Å². The topological polar surface area (TPSA) is 58.6 Å². The predicted octanol–water partition coefficient (Wildman–Crippen LogP) is 5.50. The number of alkyl halides is 6. The number of benzene rings is 2. The van der Waals surface area contributed by atoms with Crippen molar-refractivity contribution < 1.29 is 49.4 Å². The third-order valence-electron chi connectivity index (χ3n) is 6.45. The van der Waals surface area contributed by atoms with Crippen molar-refractivity contribution in [3.05, 3.63) is 70.3 Å². The fourth-order valence-corrected chi connectivity index (χ4v) is 4.64. The van der Waals surface area contributed by atoms with Gasteiger partial charge in [0.25, 0.3) is 5.91 Å². The van der Waals surface area contributed by atoms with Gasteiger partial charge in [-0.05, 0) is 42.0 Å². The molecule has 2 fully saturated rings. The largest absolute Gasteiger partial charge is 0.442 e. The van der Waals surface area contributed by atoms with Gasteiger partial charge < -0.3 is 15.0 Å². The average molecular weight is 522 g/mol. The van der Waals surface area contributed by atoms with Gasteiger partial charge in [0.15, 0.2) is 0 Å². The van der Waals surface area contributed by atoms with E-state index in [0.29, 0.717) is 12.1 Å². The van der Waals surface area contributed by atoms with Crippen LogP contribution in [-0.4, -0.2) is 42.1 Å². The summed E-state index contributed by atoms with van der Waals surface area (Å²) in [5.74, 6) is -3.40. The highest BCUT2D eigenvalue weighted by Gasteiger charge is 2.50. The number of nitrogens with one attached hydrogen (secondary N) is 1. The zero-order valence-corrected chi connectivity index (χ0v) is 18.3. The van der Waals surface area contributed by atoms with Crippen LogP contribution in [0.3, 0.4) is 0 Å². The molecule has 0 bridgehead atoms. The molecule has 5 nitrogen and oxygen atoms in total. The van der Waals surface area contributed by atoms with Gasteiger partial charge in [-0.2, -0.15) is 26.3 Å². The molecule has 2 saturated heterocycles. The van der Waals surface area contributed by atoms with Crippen LogP contribution in [0.5, 0.6) is 0 Å². The molecule has 2 amide bonds. The number of ether oxygens (including phenoxy) is 1. The number of likely N-dealkylation sites (tertiary alicyclic amines) is 1. The van der Waals surface area contributed by atoms with Crippen LogP contribution in [-0.2, 0) is 17.1 Å². The monoisotopic (exact) mass is 522 g/mol. The van der Waals surface area contributed by atoms with E-state index < -0.39 is 64.2 Å². The first-order valence-electron chi connectivity index (χ1n) is 10.7. The van der Waals surface area contributed by atoms with Crippen LogP contribution in [0.25, 0.3) is 0 Å². The lowest BCUT2D eigenvalue weighted by Gasteiger charge is -2.48. The molecule has 0 saturated carbocycles. The van der Waals surface area contributed by atoms with E-state index in [1.54, 1.807) is 0 Å². The Morgan fingerprint density at radius 3 is 2.08 bits per heavy atom. The first-order chi connectivity index (χ1) is 16.7. The summed E-state index contributed by atoms with van der Waals surface area (Å²) in [6, 6.07) is 3.41. The molecular weight excluding hydrogens is 504 g/mol. The van der Waals surface area contributed by atoms with Crippen molar-refractivity contribution >= 4 is 12.0 Å². The summed E-state index contributed by atoms with van der Waals surface area (Å²) in [6.45, 7) is -0.524. The Kier molecular flexibility index (Phi) is 6.38. The molecule has 4 rings (SSSR count). The van der Waals surface area contributed by atoms with Gasteiger partial charge in [-0.15, -0.1) is 0 Å². The number of nitrogens with zero attached hydrogens (tertiary/aromatic N) is 1. The summed E-state index contributed by atoms with van der Waals surface area (Å²) in [4.78, 5) is 25.9. The molecule has 1 unspecified atom stereocenters. The molecule has 2 aromatic carbocycles. The first kappa shape index (κ1) is 25.7. The van der Waals surface area contributed by atoms with E-state index >= 15 is 0 Å². The molecule has 13 heteroatoms. The summed E-state index contributed by atoms with van der Waals surface area (Å²) in [7, 11) is 0. The molecule has 2 aromatic rings. The fourth-order valence-electron chi connectivity index (χ4n) is 4.64. The Morgan fingerprint density at radius 1 is 0.944 bits per heavy atom. The van der Waals surface area contributed by atoms with Gasteiger partial charge in [-0.3, -0.25) is 4.79 Å². The highest BCUT2D eigenvalue weighted by Crippen LogP contribution is 2.43. The van der Waals surface area contributed by atoms with E-state index in [1.807, 2.05) is 0 Å². The number of hydrogen-bond acceptors (Lipinski definition) is 3. The number of rotatable bonds is 2. The Morgan fingerprint density at radius 2 is 1.53 bits per heavy atom. The summed E-state index contributed by atoms with van der Waals surface area (Å²) in [6.07, 6.45) is -11.3. The standard InChI is InChI=1S/C23H18F8N2O3/c24-15-1-2-18(25)16(10-15)17-11-32-20(35)36-21(17)3-5-33(6-4-21)19(34)12-7-13(22(26,27)28)9-14(8-12)23(29,30)31/h1-2,7-10,17H,3-6,11H2,(H,32,35). The lowest BCUT2D eigenvalue weighted by Crippen LogP contribution is -2.58. The smallest absolute Gasteiger partial charge is 0.416 e. The van der Waals surface area contributed by atoms with E-state index in [4.69, 9.17) is 4.74 Å². The van der Waals surface area contributed by atoms with Gasteiger partial charge in [0, 0.05) is 44.0 Å². The molecular formula is C23H18F8N2O3. The van der Waals surface area contributed by atoms with Crippen LogP contribution in [0.1, 0.15) is 45.8 Å². The van der Waals surface area contributed by atoms with Gasteiger partial charge in [0.2, 0.25) is 0 Å². The van der Waals surface area contributed by atoms with Crippen LogP contribution in [0.4, 0.5) is 39.9 Å². The number of hydrogen-bond donors (Lipinski definition) is 1. The fraction of sp³-hybridized carbons (Fsp3) is 0.391. The van der Waals surface area contributed by atoms with Crippen molar-refractivity contribution in [1.29, 1.82) is 0 Å². The van der Waals surface area contributed by atoms with E-state index in [-0.39, 0.29) is 44.1 Å². The second-order valence-electron chi connectivity index (χ2n) is 8.64. The number of amides is 2. The number of alkyl carbamates (subject to hydrolysis) is 1. The number of carbonyl (C=O) groups is 2. The Bertz CT molecular complexity index is 1150. The lowest BCUT2D eigenvalue weighted by atomic mass is 9.74. The molecule has 2 aliphatic rings. The number of carbonyl (C=O) groups excluding carboxylic acids is 2. The third-order valence-corrected chi connectivity index (χ3v) is 6.45. The minimum atomic E-state index is -5.12. The van der Waals surface area contributed by atoms with Gasteiger partial charge >= 0.3 is 18.4 Å². The minimum absolute atomic E-state index is 0.0672. The maximum absolute atomic E-state index is 14.5. The van der Waals surface area contributed by atoms with Crippen LogP contribution < -0.4 is 5.32 Å². The van der Waals surface area contributed by atoms with Crippen molar-refractivity contribution in [3.63, 3.8) is 0 Å². The number of piperidine rings is 1. The Labute approximate surface area is 199 Å². The van der Waals surface area contributed by atoms with Gasteiger partial charge in [0.05, 0.1) is 11.1 Å².